The smallest absolute Gasteiger partial charge is 0.308 e. The van der Waals surface area contributed by atoms with E-state index in [0.29, 0.717) is 6.61 Å². The van der Waals surface area contributed by atoms with E-state index in [1.165, 1.54) is 0 Å². The Hall–Kier alpha value is -0.660. The van der Waals surface area contributed by atoms with Crippen molar-refractivity contribution in [3.63, 3.8) is 0 Å². The highest BCUT2D eigenvalue weighted by Crippen LogP contribution is 2.48. The van der Waals surface area contributed by atoms with Crippen LogP contribution in [0.5, 0.6) is 0 Å². The van der Waals surface area contributed by atoms with Crippen LogP contribution in [0.2, 0.25) is 0 Å². The van der Waals surface area contributed by atoms with Gasteiger partial charge in [-0.15, -0.1) is 0 Å². The Morgan fingerprint density at radius 2 is 2.05 bits per heavy atom. The van der Waals surface area contributed by atoms with Crippen molar-refractivity contribution in [3.8, 4) is 0 Å². The van der Waals surface area contributed by atoms with Gasteiger partial charge in [0.05, 0.1) is 18.3 Å². The van der Waals surface area contributed by atoms with Crippen molar-refractivity contribution in [2.75, 3.05) is 19.0 Å². The molecule has 0 aromatic carbocycles. The molecule has 2 aliphatic rings. The van der Waals surface area contributed by atoms with E-state index in [4.69, 9.17) is 4.74 Å². The van der Waals surface area contributed by atoms with Crippen molar-refractivity contribution in [2.45, 2.75) is 32.2 Å². The number of hydrogen-bond acceptors (Lipinski definition) is 4. The first-order valence-corrected chi connectivity index (χ1v) is 8.40. The molecule has 6 nitrogen and oxygen atoms in total. The molecule has 4 atom stereocenters. The van der Waals surface area contributed by atoms with Gasteiger partial charge in [0.25, 0.3) is 0 Å². The lowest BCUT2D eigenvalue weighted by Crippen LogP contribution is -2.47. The van der Waals surface area contributed by atoms with Gasteiger partial charge in [-0.25, -0.2) is 13.1 Å². The molecule has 0 saturated heterocycles. The number of carboxylic acid groups (broad SMARTS) is 1. The summed E-state index contributed by atoms with van der Waals surface area (Å²) in [4.78, 5) is 11.3. The summed E-state index contributed by atoms with van der Waals surface area (Å²) in [6, 6.07) is -0.442. The first kappa shape index (κ1) is 14.7. The lowest BCUT2D eigenvalue weighted by molar-refractivity contribution is -0.144. The fourth-order valence-electron chi connectivity index (χ4n) is 3.40. The summed E-state index contributed by atoms with van der Waals surface area (Å²) in [5.41, 5.74) is 0. The summed E-state index contributed by atoms with van der Waals surface area (Å²) < 4.78 is 31.5. The van der Waals surface area contributed by atoms with Crippen molar-refractivity contribution in [3.05, 3.63) is 0 Å². The zero-order chi connectivity index (χ0) is 14.0. The van der Waals surface area contributed by atoms with Gasteiger partial charge in [-0.05, 0) is 38.0 Å². The van der Waals surface area contributed by atoms with Crippen LogP contribution in [0.1, 0.15) is 26.2 Å². The van der Waals surface area contributed by atoms with E-state index in [0.717, 1.165) is 19.3 Å². The number of ether oxygens (including phenoxy) is 1. The Morgan fingerprint density at radius 3 is 2.68 bits per heavy atom. The third kappa shape index (κ3) is 3.27. The second-order valence-corrected chi connectivity index (χ2v) is 7.23. The van der Waals surface area contributed by atoms with Crippen LogP contribution in [0.4, 0.5) is 0 Å². The van der Waals surface area contributed by atoms with Crippen LogP contribution >= 0.6 is 0 Å². The Morgan fingerprint density at radius 1 is 1.37 bits per heavy atom. The third-order valence-corrected chi connectivity index (χ3v) is 5.55. The fourth-order valence-corrected chi connectivity index (χ4v) is 4.60. The first-order chi connectivity index (χ1) is 8.94. The van der Waals surface area contributed by atoms with E-state index in [1.807, 2.05) is 0 Å². The zero-order valence-corrected chi connectivity index (χ0v) is 11.9. The molecule has 2 rings (SSSR count). The summed E-state index contributed by atoms with van der Waals surface area (Å²) in [5.74, 6) is -1.26. The summed E-state index contributed by atoms with van der Waals surface area (Å²) in [6.07, 6.45) is 2.65. The molecule has 0 heterocycles. The molecule has 7 heteroatoms. The number of rotatable bonds is 7. The van der Waals surface area contributed by atoms with E-state index in [-0.39, 0.29) is 24.2 Å². The average Bonchev–Trinajstić information content (AvgIpc) is 2.88. The average molecular weight is 291 g/mol. The normalized spacial score (nSPS) is 33.7. The van der Waals surface area contributed by atoms with Crippen LogP contribution in [0.15, 0.2) is 0 Å². The second-order valence-electron chi connectivity index (χ2n) is 5.36. The molecular weight excluding hydrogens is 270 g/mol. The number of sulfonamides is 1. The van der Waals surface area contributed by atoms with Crippen molar-refractivity contribution in [2.24, 2.45) is 17.8 Å². The molecule has 19 heavy (non-hydrogen) atoms. The highest BCUT2D eigenvalue weighted by Gasteiger charge is 2.52. The number of hydrogen-bond donors (Lipinski definition) is 2. The Labute approximate surface area is 113 Å². The van der Waals surface area contributed by atoms with Crippen LogP contribution in [-0.2, 0) is 19.6 Å². The highest BCUT2D eigenvalue weighted by atomic mass is 32.2. The Bertz CT molecular complexity index is 435. The van der Waals surface area contributed by atoms with Gasteiger partial charge in [-0.2, -0.15) is 0 Å². The molecule has 110 valence electrons. The number of carbonyl (C=O) groups is 1. The van der Waals surface area contributed by atoms with Crippen molar-refractivity contribution >= 4 is 16.0 Å². The predicted molar refractivity (Wildman–Crippen MR) is 69.2 cm³/mol. The first-order valence-electron chi connectivity index (χ1n) is 6.75. The van der Waals surface area contributed by atoms with E-state index in [2.05, 4.69) is 4.72 Å². The van der Waals surface area contributed by atoms with Gasteiger partial charge in [-0.1, -0.05) is 0 Å². The maximum atomic E-state index is 11.9. The maximum absolute atomic E-state index is 11.9. The van der Waals surface area contributed by atoms with Gasteiger partial charge in [0, 0.05) is 12.6 Å². The fraction of sp³-hybridized carbons (Fsp3) is 0.917. The molecule has 2 fully saturated rings. The Kier molecular flexibility index (Phi) is 4.47. The molecule has 0 aliphatic heterocycles. The van der Waals surface area contributed by atoms with Gasteiger partial charge >= 0.3 is 5.97 Å². The summed E-state index contributed by atoms with van der Waals surface area (Å²) in [5, 5.41) is 9.26. The number of aliphatic carboxylic acids is 1. The molecule has 4 unspecified atom stereocenters. The minimum absolute atomic E-state index is 0.110. The summed E-state index contributed by atoms with van der Waals surface area (Å²) >= 11 is 0. The third-order valence-electron chi connectivity index (χ3n) is 4.22. The molecule has 2 N–H and O–H groups in total. The lowest BCUT2D eigenvalue weighted by Gasteiger charge is -2.28. The standard InChI is InChI=1S/C12H21NO5S/c1-2-18-5-6-19(16,17)13-11-9-4-3-8(7-9)10(11)12(14)15/h8-11,13H,2-7H2,1H3,(H,14,15). The van der Waals surface area contributed by atoms with E-state index >= 15 is 0 Å². The van der Waals surface area contributed by atoms with Crippen LogP contribution in [0.25, 0.3) is 0 Å². The largest absolute Gasteiger partial charge is 0.481 e. The molecular formula is C12H21NO5S. The number of carboxylic acids is 1. The molecule has 0 amide bonds. The molecule has 2 aliphatic carbocycles. The molecule has 0 radical (unpaired) electrons. The molecule has 0 aromatic heterocycles. The monoisotopic (exact) mass is 291 g/mol. The topological polar surface area (TPSA) is 92.7 Å². The van der Waals surface area contributed by atoms with Crippen molar-refractivity contribution < 1.29 is 23.1 Å². The van der Waals surface area contributed by atoms with Gasteiger partial charge < -0.3 is 9.84 Å². The highest BCUT2D eigenvalue weighted by molar-refractivity contribution is 7.89. The molecule has 0 spiro atoms. The van der Waals surface area contributed by atoms with Crippen LogP contribution in [0.3, 0.4) is 0 Å². The minimum atomic E-state index is -3.46. The molecule has 2 saturated carbocycles. The van der Waals surface area contributed by atoms with Gasteiger partial charge in [0.1, 0.15) is 0 Å². The van der Waals surface area contributed by atoms with Gasteiger partial charge in [-0.3, -0.25) is 4.79 Å². The molecule has 0 aromatic rings. The summed E-state index contributed by atoms with van der Waals surface area (Å²) in [6.45, 7) is 2.42. The molecule has 2 bridgehead atoms. The van der Waals surface area contributed by atoms with Crippen molar-refractivity contribution in [1.29, 1.82) is 0 Å². The quantitative estimate of drug-likeness (QED) is 0.664. The number of nitrogens with one attached hydrogen (secondary N) is 1. The van der Waals surface area contributed by atoms with Crippen LogP contribution in [0, 0.1) is 17.8 Å². The van der Waals surface area contributed by atoms with E-state index < -0.39 is 28.0 Å². The van der Waals surface area contributed by atoms with E-state index in [1.54, 1.807) is 6.92 Å². The SMILES string of the molecule is CCOCCS(=O)(=O)NC1C2CCC(C2)C1C(=O)O. The Balaban J connectivity index is 1.99. The van der Waals surface area contributed by atoms with Crippen LogP contribution in [-0.4, -0.2) is 44.5 Å². The van der Waals surface area contributed by atoms with E-state index in [9.17, 15) is 18.3 Å². The minimum Gasteiger partial charge on any atom is -0.481 e. The second kappa shape index (κ2) is 5.76. The number of fused-ring (bicyclic) bond motifs is 2. The predicted octanol–water partition coefficient (Wildman–Crippen LogP) is 0.442. The van der Waals surface area contributed by atoms with Crippen LogP contribution < -0.4 is 4.72 Å². The van der Waals surface area contributed by atoms with Crippen molar-refractivity contribution in [1.82, 2.24) is 4.72 Å². The summed E-state index contributed by atoms with van der Waals surface area (Å²) in [7, 11) is -3.46. The lowest BCUT2D eigenvalue weighted by atomic mass is 9.85. The van der Waals surface area contributed by atoms with Gasteiger partial charge in [0.2, 0.25) is 10.0 Å². The maximum Gasteiger partial charge on any atom is 0.308 e. The zero-order valence-electron chi connectivity index (χ0n) is 11.0. The van der Waals surface area contributed by atoms with Gasteiger partial charge in [0.15, 0.2) is 0 Å².